The number of hydrogen-bond acceptors (Lipinski definition) is 4. The van der Waals surface area contributed by atoms with Gasteiger partial charge in [0.05, 0.1) is 12.4 Å². The average molecular weight is 280 g/mol. The van der Waals surface area contributed by atoms with Gasteiger partial charge in [-0.25, -0.2) is 9.97 Å². The van der Waals surface area contributed by atoms with E-state index in [-0.39, 0.29) is 16.8 Å². The number of benzene rings is 1. The minimum Gasteiger partial charge on any atom is -0.321 e. The van der Waals surface area contributed by atoms with Crippen molar-refractivity contribution in [3.05, 3.63) is 47.5 Å². The molecule has 0 bridgehead atoms. The molecule has 0 aliphatic heterocycles. The van der Waals surface area contributed by atoms with E-state index < -0.39 is 0 Å². The third kappa shape index (κ3) is 3.21. The Labute approximate surface area is 114 Å². The van der Waals surface area contributed by atoms with Gasteiger partial charge in [0.1, 0.15) is 10.8 Å². The van der Waals surface area contributed by atoms with Crippen molar-refractivity contribution in [2.75, 3.05) is 11.6 Å². The molecular formula is C12H10ClN3OS. The molecule has 1 N–H and O–H groups in total. The number of anilines is 1. The number of carbonyl (C=O) groups is 1. The molecule has 1 amide bonds. The van der Waals surface area contributed by atoms with Gasteiger partial charge in [0, 0.05) is 10.6 Å². The fraction of sp³-hybridized carbons (Fsp3) is 0.0833. The summed E-state index contributed by atoms with van der Waals surface area (Å²) in [4.78, 5) is 20.7. The van der Waals surface area contributed by atoms with Gasteiger partial charge in [0.2, 0.25) is 0 Å². The van der Waals surface area contributed by atoms with Crippen LogP contribution in [0, 0.1) is 0 Å². The molecule has 0 atom stereocenters. The number of thioether (sulfide) groups is 1. The van der Waals surface area contributed by atoms with Crippen LogP contribution in [0.1, 0.15) is 10.5 Å². The van der Waals surface area contributed by atoms with Gasteiger partial charge in [0.15, 0.2) is 0 Å². The molecule has 1 aromatic heterocycles. The van der Waals surface area contributed by atoms with Crippen molar-refractivity contribution in [2.45, 2.75) is 4.90 Å². The van der Waals surface area contributed by atoms with Crippen molar-refractivity contribution < 1.29 is 4.79 Å². The predicted molar refractivity (Wildman–Crippen MR) is 73.2 cm³/mol. The van der Waals surface area contributed by atoms with Crippen molar-refractivity contribution in [3.8, 4) is 0 Å². The van der Waals surface area contributed by atoms with Crippen LogP contribution in [0.4, 0.5) is 5.69 Å². The van der Waals surface area contributed by atoms with Gasteiger partial charge in [0.25, 0.3) is 5.91 Å². The van der Waals surface area contributed by atoms with Crippen LogP contribution in [0.5, 0.6) is 0 Å². The summed E-state index contributed by atoms with van der Waals surface area (Å²) in [5.74, 6) is -0.308. The molecule has 0 spiro atoms. The van der Waals surface area contributed by atoms with Gasteiger partial charge >= 0.3 is 0 Å². The van der Waals surface area contributed by atoms with Crippen LogP contribution in [0.3, 0.4) is 0 Å². The summed E-state index contributed by atoms with van der Waals surface area (Å²) in [7, 11) is 0. The van der Waals surface area contributed by atoms with Gasteiger partial charge in [-0.3, -0.25) is 4.79 Å². The minimum atomic E-state index is -0.308. The number of hydrogen-bond donors (Lipinski definition) is 1. The summed E-state index contributed by atoms with van der Waals surface area (Å²) in [5.41, 5.74) is 0.956. The van der Waals surface area contributed by atoms with E-state index >= 15 is 0 Å². The van der Waals surface area contributed by atoms with E-state index in [9.17, 15) is 4.79 Å². The zero-order valence-electron chi connectivity index (χ0n) is 9.55. The molecule has 0 aliphatic rings. The first kappa shape index (κ1) is 12.9. The van der Waals surface area contributed by atoms with Gasteiger partial charge in [-0.15, -0.1) is 11.8 Å². The van der Waals surface area contributed by atoms with Crippen molar-refractivity contribution >= 4 is 35.0 Å². The summed E-state index contributed by atoms with van der Waals surface area (Å²) in [6.07, 6.45) is 4.66. The molecular weight excluding hydrogens is 270 g/mol. The van der Waals surface area contributed by atoms with Crippen molar-refractivity contribution in [3.63, 3.8) is 0 Å². The van der Waals surface area contributed by atoms with E-state index in [0.717, 1.165) is 10.6 Å². The lowest BCUT2D eigenvalue weighted by Crippen LogP contribution is -2.13. The molecule has 0 saturated carbocycles. The number of amides is 1. The summed E-state index contributed by atoms with van der Waals surface area (Å²) >= 11 is 7.22. The second kappa shape index (κ2) is 5.84. The number of rotatable bonds is 3. The Hall–Kier alpha value is -1.59. The Morgan fingerprint density at radius 1 is 1.33 bits per heavy atom. The zero-order chi connectivity index (χ0) is 13.0. The van der Waals surface area contributed by atoms with E-state index in [1.807, 2.05) is 30.5 Å². The highest BCUT2D eigenvalue weighted by molar-refractivity contribution is 7.98. The second-order valence-corrected chi connectivity index (χ2v) is 4.68. The smallest absolute Gasteiger partial charge is 0.275 e. The first-order valence-corrected chi connectivity index (χ1v) is 6.72. The number of nitrogens with one attached hydrogen (secondary N) is 1. The fourth-order valence-electron chi connectivity index (χ4n) is 1.33. The maximum Gasteiger partial charge on any atom is 0.275 e. The Kier molecular flexibility index (Phi) is 4.17. The SMILES string of the molecule is CSc1cccc(NC(=O)c2cnc(Cl)cn2)c1. The molecule has 18 heavy (non-hydrogen) atoms. The molecule has 0 fully saturated rings. The first-order chi connectivity index (χ1) is 8.69. The minimum absolute atomic E-state index is 0.231. The highest BCUT2D eigenvalue weighted by atomic mass is 35.5. The summed E-state index contributed by atoms with van der Waals surface area (Å²) in [5, 5.41) is 3.01. The van der Waals surface area contributed by atoms with Crippen LogP contribution < -0.4 is 5.32 Å². The maximum atomic E-state index is 11.9. The predicted octanol–water partition coefficient (Wildman–Crippen LogP) is 3.10. The Morgan fingerprint density at radius 2 is 2.17 bits per heavy atom. The summed E-state index contributed by atoms with van der Waals surface area (Å²) in [6, 6.07) is 7.57. The molecule has 4 nitrogen and oxygen atoms in total. The summed E-state index contributed by atoms with van der Waals surface area (Å²) < 4.78 is 0. The lowest BCUT2D eigenvalue weighted by atomic mass is 10.3. The number of carbonyl (C=O) groups excluding carboxylic acids is 1. The zero-order valence-corrected chi connectivity index (χ0v) is 11.1. The van der Waals surface area contributed by atoms with Crippen molar-refractivity contribution in [1.82, 2.24) is 9.97 Å². The quantitative estimate of drug-likeness (QED) is 0.877. The number of halogens is 1. The standard InChI is InChI=1S/C12H10ClN3OS/c1-18-9-4-2-3-8(5-9)16-12(17)10-6-15-11(13)7-14-10/h2-7H,1H3,(H,16,17). The normalized spacial score (nSPS) is 10.1. The van der Waals surface area contributed by atoms with Crippen LogP contribution in [0.15, 0.2) is 41.6 Å². The van der Waals surface area contributed by atoms with E-state index in [2.05, 4.69) is 15.3 Å². The van der Waals surface area contributed by atoms with Crippen molar-refractivity contribution in [1.29, 1.82) is 0 Å². The largest absolute Gasteiger partial charge is 0.321 e. The van der Waals surface area contributed by atoms with Crippen molar-refractivity contribution in [2.24, 2.45) is 0 Å². The van der Waals surface area contributed by atoms with Gasteiger partial charge < -0.3 is 5.32 Å². The molecule has 2 rings (SSSR count). The third-order valence-electron chi connectivity index (χ3n) is 2.18. The lowest BCUT2D eigenvalue weighted by Gasteiger charge is -2.05. The van der Waals surface area contributed by atoms with E-state index in [4.69, 9.17) is 11.6 Å². The topological polar surface area (TPSA) is 54.9 Å². The van der Waals surface area contributed by atoms with Crippen LogP contribution in [-0.2, 0) is 0 Å². The fourth-order valence-corrected chi connectivity index (χ4v) is 1.88. The average Bonchev–Trinajstić information content (AvgIpc) is 2.39. The lowest BCUT2D eigenvalue weighted by molar-refractivity contribution is 0.102. The Bertz CT molecular complexity index is 560. The van der Waals surface area contributed by atoms with Crippen LogP contribution in [0.2, 0.25) is 5.15 Å². The van der Waals surface area contributed by atoms with E-state index in [1.165, 1.54) is 12.4 Å². The van der Waals surface area contributed by atoms with Crippen LogP contribution in [0.25, 0.3) is 0 Å². The molecule has 6 heteroatoms. The third-order valence-corrected chi connectivity index (χ3v) is 3.10. The van der Waals surface area contributed by atoms with Gasteiger partial charge in [-0.2, -0.15) is 0 Å². The van der Waals surface area contributed by atoms with Gasteiger partial charge in [-0.1, -0.05) is 17.7 Å². The monoisotopic (exact) mass is 279 g/mol. The highest BCUT2D eigenvalue weighted by Crippen LogP contribution is 2.19. The molecule has 1 heterocycles. The Morgan fingerprint density at radius 3 is 2.83 bits per heavy atom. The highest BCUT2D eigenvalue weighted by Gasteiger charge is 2.08. The molecule has 0 saturated heterocycles. The van der Waals surface area contributed by atoms with Gasteiger partial charge in [-0.05, 0) is 24.5 Å². The maximum absolute atomic E-state index is 11.9. The Balaban J connectivity index is 2.13. The van der Waals surface area contributed by atoms with Crippen LogP contribution >= 0.6 is 23.4 Å². The number of aromatic nitrogens is 2. The molecule has 2 aromatic rings. The second-order valence-electron chi connectivity index (χ2n) is 3.41. The molecule has 0 radical (unpaired) electrons. The van der Waals surface area contributed by atoms with E-state index in [1.54, 1.807) is 11.8 Å². The molecule has 0 unspecified atom stereocenters. The summed E-state index contributed by atoms with van der Waals surface area (Å²) in [6.45, 7) is 0. The first-order valence-electron chi connectivity index (χ1n) is 5.12. The van der Waals surface area contributed by atoms with E-state index in [0.29, 0.717) is 0 Å². The number of nitrogens with zero attached hydrogens (tertiary/aromatic N) is 2. The van der Waals surface area contributed by atoms with Crippen LogP contribution in [-0.4, -0.2) is 22.1 Å². The molecule has 0 aliphatic carbocycles. The molecule has 1 aromatic carbocycles. The molecule has 92 valence electrons.